The first-order valence-electron chi connectivity index (χ1n) is 8.03. The summed E-state index contributed by atoms with van der Waals surface area (Å²) in [6, 6.07) is 9.16. The molecule has 0 saturated heterocycles. The van der Waals surface area contributed by atoms with E-state index in [-0.39, 0.29) is 10.5 Å². The van der Waals surface area contributed by atoms with Crippen LogP contribution in [-0.4, -0.2) is 28.0 Å². The minimum atomic E-state index is -3.65. The molecule has 2 aromatic rings. The van der Waals surface area contributed by atoms with E-state index in [0.29, 0.717) is 29.4 Å². The highest BCUT2D eigenvalue weighted by Crippen LogP contribution is 2.31. The number of halogens is 1. The summed E-state index contributed by atoms with van der Waals surface area (Å²) in [4.78, 5) is 12.6. The molecule has 0 aliphatic heterocycles. The van der Waals surface area contributed by atoms with E-state index in [1.54, 1.807) is 18.2 Å². The van der Waals surface area contributed by atoms with Crippen LogP contribution in [0.25, 0.3) is 0 Å². The monoisotopic (exact) mass is 396 g/mol. The molecule has 2 N–H and O–H groups in total. The van der Waals surface area contributed by atoms with Gasteiger partial charge in [0, 0.05) is 23.2 Å². The van der Waals surface area contributed by atoms with Crippen LogP contribution in [0.1, 0.15) is 29.3 Å². The predicted molar refractivity (Wildman–Crippen MR) is 103 cm³/mol. The predicted octanol–water partition coefficient (Wildman–Crippen LogP) is 3.60. The van der Waals surface area contributed by atoms with E-state index in [1.165, 1.54) is 25.3 Å². The van der Waals surface area contributed by atoms with Gasteiger partial charge in [0.15, 0.2) is 0 Å². The van der Waals surface area contributed by atoms with Crippen LogP contribution in [0.2, 0.25) is 5.02 Å². The van der Waals surface area contributed by atoms with Gasteiger partial charge in [-0.1, -0.05) is 24.6 Å². The molecule has 1 amide bonds. The molecule has 0 aliphatic rings. The van der Waals surface area contributed by atoms with Gasteiger partial charge in [0.25, 0.3) is 5.91 Å². The number of methoxy groups -OCH3 is 1. The molecule has 0 aromatic heterocycles. The number of sulfonamides is 1. The van der Waals surface area contributed by atoms with Gasteiger partial charge in [-0.15, -0.1) is 0 Å². The molecule has 0 radical (unpaired) electrons. The van der Waals surface area contributed by atoms with Crippen molar-refractivity contribution in [3.05, 3.63) is 52.5 Å². The van der Waals surface area contributed by atoms with Crippen LogP contribution in [0.15, 0.2) is 41.3 Å². The van der Waals surface area contributed by atoms with Crippen LogP contribution in [0.3, 0.4) is 0 Å². The van der Waals surface area contributed by atoms with Gasteiger partial charge in [0.2, 0.25) is 10.0 Å². The molecule has 26 heavy (non-hydrogen) atoms. The normalized spacial score (nSPS) is 11.2. The summed E-state index contributed by atoms with van der Waals surface area (Å²) in [6.07, 6.45) is 0.676. The lowest BCUT2D eigenvalue weighted by atomic mass is 10.1. The highest BCUT2D eigenvalue weighted by atomic mass is 35.5. The van der Waals surface area contributed by atoms with Gasteiger partial charge in [0.05, 0.1) is 17.7 Å². The minimum absolute atomic E-state index is 0.0397. The molecule has 0 bridgehead atoms. The van der Waals surface area contributed by atoms with Crippen molar-refractivity contribution in [3.63, 3.8) is 0 Å². The fourth-order valence-electron chi connectivity index (χ4n) is 2.25. The largest absolute Gasteiger partial charge is 0.495 e. The Balaban J connectivity index is 2.29. The Bertz CT molecular complexity index is 913. The molecule has 2 rings (SSSR count). The maximum absolute atomic E-state index is 12.6. The molecule has 0 heterocycles. The fraction of sp³-hybridized carbons (Fsp3) is 0.278. The van der Waals surface area contributed by atoms with Crippen molar-refractivity contribution in [2.45, 2.75) is 25.2 Å². The molecule has 0 saturated carbocycles. The summed E-state index contributed by atoms with van der Waals surface area (Å²) in [5.41, 5.74) is 1.46. The number of hydrogen-bond acceptors (Lipinski definition) is 4. The van der Waals surface area contributed by atoms with E-state index in [0.717, 1.165) is 5.56 Å². The van der Waals surface area contributed by atoms with Gasteiger partial charge >= 0.3 is 0 Å². The molecule has 2 aromatic carbocycles. The number of carbonyl (C=O) groups is 1. The molecule has 0 atom stereocenters. The summed E-state index contributed by atoms with van der Waals surface area (Å²) in [5.74, 6) is -0.0279. The number of amides is 1. The van der Waals surface area contributed by atoms with E-state index >= 15 is 0 Å². The van der Waals surface area contributed by atoms with Gasteiger partial charge < -0.3 is 10.1 Å². The lowest BCUT2D eigenvalue weighted by Gasteiger charge is -2.13. The molecule has 0 spiro atoms. The number of anilines is 1. The van der Waals surface area contributed by atoms with E-state index in [9.17, 15) is 13.2 Å². The first-order chi connectivity index (χ1) is 12.3. The molecule has 0 aliphatic carbocycles. The number of aryl methyl sites for hydroxylation is 1. The zero-order chi connectivity index (χ0) is 19.3. The molecule has 0 unspecified atom stereocenters. The lowest BCUT2D eigenvalue weighted by Crippen LogP contribution is -2.24. The van der Waals surface area contributed by atoms with Gasteiger partial charge in [0.1, 0.15) is 5.75 Å². The van der Waals surface area contributed by atoms with Crippen LogP contribution in [-0.2, 0) is 10.0 Å². The van der Waals surface area contributed by atoms with Gasteiger partial charge in [-0.3, -0.25) is 4.79 Å². The minimum Gasteiger partial charge on any atom is -0.495 e. The average Bonchev–Trinajstić information content (AvgIpc) is 2.63. The molecular weight excluding hydrogens is 376 g/mol. The SMILES string of the molecule is CCCNS(=O)(=O)c1cccc(C(=O)Nc2cc(C)c(Cl)cc2OC)c1. The number of carbonyl (C=O) groups excluding carboxylic acids is 1. The zero-order valence-corrected chi connectivity index (χ0v) is 16.4. The van der Waals surface area contributed by atoms with Crippen LogP contribution in [0, 0.1) is 6.92 Å². The summed E-state index contributed by atoms with van der Waals surface area (Å²) in [5, 5.41) is 3.25. The third-order valence-corrected chi connectivity index (χ3v) is 5.54. The highest BCUT2D eigenvalue weighted by Gasteiger charge is 2.17. The van der Waals surface area contributed by atoms with Crippen molar-refractivity contribution < 1.29 is 17.9 Å². The van der Waals surface area contributed by atoms with Gasteiger partial charge in [-0.05, 0) is 43.2 Å². The number of ether oxygens (including phenoxy) is 1. The second-order valence-electron chi connectivity index (χ2n) is 5.68. The van der Waals surface area contributed by atoms with Crippen molar-refractivity contribution >= 4 is 33.2 Å². The second-order valence-corrected chi connectivity index (χ2v) is 7.86. The number of rotatable bonds is 7. The Morgan fingerprint density at radius 1 is 1.23 bits per heavy atom. The van der Waals surface area contributed by atoms with E-state index in [4.69, 9.17) is 16.3 Å². The molecule has 6 nitrogen and oxygen atoms in total. The first kappa shape index (κ1) is 20.2. The fourth-order valence-corrected chi connectivity index (χ4v) is 3.58. The maximum Gasteiger partial charge on any atom is 0.255 e. The second kappa shape index (κ2) is 8.53. The van der Waals surface area contributed by atoms with Crippen molar-refractivity contribution in [2.75, 3.05) is 19.0 Å². The van der Waals surface area contributed by atoms with Crippen LogP contribution < -0.4 is 14.8 Å². The van der Waals surface area contributed by atoms with Crippen LogP contribution >= 0.6 is 11.6 Å². The Labute approximate surface area is 158 Å². The maximum atomic E-state index is 12.6. The summed E-state index contributed by atoms with van der Waals surface area (Å²) >= 11 is 6.06. The molecule has 8 heteroatoms. The topological polar surface area (TPSA) is 84.5 Å². The van der Waals surface area contributed by atoms with Crippen LogP contribution in [0.4, 0.5) is 5.69 Å². The zero-order valence-electron chi connectivity index (χ0n) is 14.8. The third-order valence-electron chi connectivity index (χ3n) is 3.68. The highest BCUT2D eigenvalue weighted by molar-refractivity contribution is 7.89. The Morgan fingerprint density at radius 2 is 1.96 bits per heavy atom. The van der Waals surface area contributed by atoms with Crippen molar-refractivity contribution in [3.8, 4) is 5.75 Å². The van der Waals surface area contributed by atoms with E-state index < -0.39 is 15.9 Å². The molecule has 0 fully saturated rings. The van der Waals surface area contributed by atoms with Crippen molar-refractivity contribution in [1.29, 1.82) is 0 Å². The smallest absolute Gasteiger partial charge is 0.255 e. The quantitative estimate of drug-likeness (QED) is 0.748. The number of nitrogens with one attached hydrogen (secondary N) is 2. The summed E-state index contributed by atoms with van der Waals surface area (Å²) in [7, 11) is -2.17. The molecule has 140 valence electrons. The van der Waals surface area contributed by atoms with Gasteiger partial charge in [-0.25, -0.2) is 13.1 Å². The average molecular weight is 397 g/mol. The standard InChI is InChI=1S/C18H21ClN2O4S/c1-4-8-20-26(23,24)14-7-5-6-13(10-14)18(22)21-16-9-12(2)15(19)11-17(16)25-3/h5-7,9-11,20H,4,8H2,1-3H3,(H,21,22). The summed E-state index contributed by atoms with van der Waals surface area (Å²) in [6.45, 7) is 4.01. The first-order valence-corrected chi connectivity index (χ1v) is 9.89. The lowest BCUT2D eigenvalue weighted by molar-refractivity contribution is 0.102. The van der Waals surface area contributed by atoms with Crippen molar-refractivity contribution in [1.82, 2.24) is 4.72 Å². The number of benzene rings is 2. The van der Waals surface area contributed by atoms with Crippen molar-refractivity contribution in [2.24, 2.45) is 0 Å². The van der Waals surface area contributed by atoms with E-state index in [2.05, 4.69) is 10.0 Å². The van der Waals surface area contributed by atoms with Crippen LogP contribution in [0.5, 0.6) is 5.75 Å². The van der Waals surface area contributed by atoms with E-state index in [1.807, 2.05) is 13.8 Å². The molecular formula is C18H21ClN2O4S. The Morgan fingerprint density at radius 3 is 2.62 bits per heavy atom. The number of hydrogen-bond donors (Lipinski definition) is 2. The summed E-state index contributed by atoms with van der Waals surface area (Å²) < 4.78 is 32.2. The third kappa shape index (κ3) is 4.75. The van der Waals surface area contributed by atoms with Gasteiger partial charge in [-0.2, -0.15) is 0 Å². The Kier molecular flexibility index (Phi) is 6.63. The Hall–Kier alpha value is -2.09.